The summed E-state index contributed by atoms with van der Waals surface area (Å²) in [7, 11) is 1.70. The Morgan fingerprint density at radius 1 is 1.43 bits per heavy atom. The third-order valence-electron chi connectivity index (χ3n) is 2.73. The Kier molecular flexibility index (Phi) is 2.36. The highest BCUT2D eigenvalue weighted by Crippen LogP contribution is 2.33. The zero-order valence-electron chi connectivity index (χ0n) is 8.96. The molecule has 0 aromatic heterocycles. The fourth-order valence-electron chi connectivity index (χ4n) is 1.89. The van der Waals surface area contributed by atoms with Crippen LogP contribution in [0.4, 0.5) is 0 Å². The van der Waals surface area contributed by atoms with Crippen LogP contribution in [0.2, 0.25) is 0 Å². The van der Waals surface area contributed by atoms with Gasteiger partial charge in [0.25, 0.3) is 0 Å². The van der Waals surface area contributed by atoms with E-state index in [9.17, 15) is 0 Å². The number of methoxy groups -OCH3 is 1. The molecule has 14 heavy (non-hydrogen) atoms. The summed E-state index contributed by atoms with van der Waals surface area (Å²) in [6, 6.07) is 4.17. The van der Waals surface area contributed by atoms with Crippen LogP contribution >= 0.6 is 0 Å². The van der Waals surface area contributed by atoms with Gasteiger partial charge in [-0.05, 0) is 43.9 Å². The highest BCUT2D eigenvalue weighted by atomic mass is 16.5. The van der Waals surface area contributed by atoms with Crippen LogP contribution in [0.3, 0.4) is 0 Å². The van der Waals surface area contributed by atoms with Gasteiger partial charge in [0.05, 0.1) is 13.2 Å². The van der Waals surface area contributed by atoms with E-state index in [0.717, 1.165) is 24.3 Å². The minimum absolute atomic E-state index is 0.329. The Labute approximate surface area is 84.8 Å². The van der Waals surface area contributed by atoms with E-state index >= 15 is 0 Å². The van der Waals surface area contributed by atoms with Crippen molar-refractivity contribution < 1.29 is 9.47 Å². The number of rotatable bonds is 1. The van der Waals surface area contributed by atoms with Crippen LogP contribution in [0.5, 0.6) is 11.5 Å². The number of benzene rings is 1. The summed E-state index contributed by atoms with van der Waals surface area (Å²) in [5, 5.41) is 0. The Balaban J connectivity index is 2.41. The van der Waals surface area contributed by atoms with Gasteiger partial charge in [-0.3, -0.25) is 0 Å². The Morgan fingerprint density at radius 2 is 2.21 bits per heavy atom. The average Bonchev–Trinajstić information content (AvgIpc) is 2.17. The topological polar surface area (TPSA) is 18.5 Å². The fraction of sp³-hybridized carbons (Fsp3) is 0.500. The van der Waals surface area contributed by atoms with E-state index in [-0.39, 0.29) is 0 Å². The van der Waals surface area contributed by atoms with Crippen LogP contribution in [-0.2, 0) is 6.42 Å². The molecule has 0 bridgehead atoms. The van der Waals surface area contributed by atoms with Gasteiger partial charge in [0.15, 0.2) is 0 Å². The molecule has 0 aliphatic carbocycles. The fourth-order valence-corrected chi connectivity index (χ4v) is 1.89. The van der Waals surface area contributed by atoms with Gasteiger partial charge in [-0.2, -0.15) is 0 Å². The summed E-state index contributed by atoms with van der Waals surface area (Å²) in [6.07, 6.45) is 2.55. The highest BCUT2D eigenvalue weighted by Gasteiger charge is 2.17. The molecule has 1 atom stereocenters. The Morgan fingerprint density at radius 3 is 2.93 bits per heavy atom. The van der Waals surface area contributed by atoms with Gasteiger partial charge in [0, 0.05) is 6.07 Å². The first-order valence-corrected chi connectivity index (χ1v) is 5.05. The second kappa shape index (κ2) is 3.52. The molecule has 0 spiro atoms. The lowest BCUT2D eigenvalue weighted by molar-refractivity contribution is 0.191. The monoisotopic (exact) mass is 192 g/mol. The second-order valence-electron chi connectivity index (χ2n) is 3.90. The number of hydrogen-bond acceptors (Lipinski definition) is 2. The second-order valence-corrected chi connectivity index (χ2v) is 3.90. The molecular formula is C12H16O2. The molecule has 2 heteroatoms. The van der Waals surface area contributed by atoms with Crippen LogP contribution in [0.1, 0.15) is 24.5 Å². The van der Waals surface area contributed by atoms with Crippen LogP contribution in [-0.4, -0.2) is 13.2 Å². The Bertz CT molecular complexity index is 344. The minimum Gasteiger partial charge on any atom is -0.496 e. The Hall–Kier alpha value is -1.18. The molecule has 0 amide bonds. The molecule has 0 radical (unpaired) electrons. The van der Waals surface area contributed by atoms with Crippen molar-refractivity contribution in [1.82, 2.24) is 0 Å². The standard InChI is InChI=1S/C12H16O2/c1-8-6-10-5-4-9(2)14-12(10)7-11(8)13-3/h6-7,9H,4-5H2,1-3H3. The van der Waals surface area contributed by atoms with Crippen molar-refractivity contribution in [3.05, 3.63) is 23.3 Å². The molecule has 0 saturated heterocycles. The van der Waals surface area contributed by atoms with Crippen LogP contribution in [0.15, 0.2) is 12.1 Å². The van der Waals surface area contributed by atoms with Crippen molar-refractivity contribution in [1.29, 1.82) is 0 Å². The van der Waals surface area contributed by atoms with Gasteiger partial charge in [-0.1, -0.05) is 0 Å². The van der Waals surface area contributed by atoms with E-state index in [1.165, 1.54) is 11.1 Å². The van der Waals surface area contributed by atoms with Crippen molar-refractivity contribution >= 4 is 0 Å². The molecule has 2 rings (SSSR count). The maximum absolute atomic E-state index is 5.75. The third kappa shape index (κ3) is 1.57. The first kappa shape index (κ1) is 9.38. The maximum Gasteiger partial charge on any atom is 0.126 e. The normalized spacial score (nSPS) is 19.8. The lowest BCUT2D eigenvalue weighted by Crippen LogP contribution is -2.18. The van der Waals surface area contributed by atoms with E-state index in [4.69, 9.17) is 9.47 Å². The van der Waals surface area contributed by atoms with Crippen LogP contribution in [0.25, 0.3) is 0 Å². The van der Waals surface area contributed by atoms with Crippen LogP contribution in [0, 0.1) is 6.92 Å². The smallest absolute Gasteiger partial charge is 0.126 e. The number of fused-ring (bicyclic) bond motifs is 1. The molecule has 1 aliphatic heterocycles. The molecule has 1 aliphatic rings. The van der Waals surface area contributed by atoms with Crippen molar-refractivity contribution in [2.75, 3.05) is 7.11 Å². The average molecular weight is 192 g/mol. The van der Waals surface area contributed by atoms with Gasteiger partial charge in [0.2, 0.25) is 0 Å². The molecule has 1 heterocycles. The molecule has 1 aromatic carbocycles. The van der Waals surface area contributed by atoms with Crippen molar-refractivity contribution in [2.45, 2.75) is 32.8 Å². The van der Waals surface area contributed by atoms with E-state index in [1.807, 2.05) is 6.07 Å². The molecule has 0 N–H and O–H groups in total. The number of hydrogen-bond donors (Lipinski definition) is 0. The summed E-state index contributed by atoms with van der Waals surface area (Å²) in [4.78, 5) is 0. The summed E-state index contributed by atoms with van der Waals surface area (Å²) in [5.41, 5.74) is 2.49. The molecular weight excluding hydrogens is 176 g/mol. The molecule has 1 unspecified atom stereocenters. The largest absolute Gasteiger partial charge is 0.496 e. The first-order chi connectivity index (χ1) is 6.70. The SMILES string of the molecule is COc1cc2c(cc1C)CCC(C)O2. The van der Waals surface area contributed by atoms with E-state index in [1.54, 1.807) is 7.11 Å². The molecule has 0 fully saturated rings. The minimum atomic E-state index is 0.329. The van der Waals surface area contributed by atoms with Crippen molar-refractivity contribution in [2.24, 2.45) is 0 Å². The molecule has 76 valence electrons. The lowest BCUT2D eigenvalue weighted by Gasteiger charge is -2.24. The summed E-state index contributed by atoms with van der Waals surface area (Å²) < 4.78 is 11.0. The lowest BCUT2D eigenvalue weighted by atomic mass is 10.0. The number of aryl methyl sites for hydroxylation is 2. The molecule has 1 aromatic rings. The number of ether oxygens (including phenoxy) is 2. The maximum atomic E-state index is 5.75. The van der Waals surface area contributed by atoms with Gasteiger partial charge in [-0.25, -0.2) is 0 Å². The van der Waals surface area contributed by atoms with Crippen molar-refractivity contribution in [3.8, 4) is 11.5 Å². The summed E-state index contributed by atoms with van der Waals surface area (Å²) in [6.45, 7) is 4.17. The predicted octanol–water partition coefficient (Wildman–Crippen LogP) is 2.72. The van der Waals surface area contributed by atoms with Crippen LogP contribution < -0.4 is 9.47 Å². The molecule has 2 nitrogen and oxygen atoms in total. The zero-order valence-corrected chi connectivity index (χ0v) is 8.96. The van der Waals surface area contributed by atoms with Gasteiger partial charge in [0.1, 0.15) is 11.5 Å². The quantitative estimate of drug-likeness (QED) is 0.681. The molecule has 0 saturated carbocycles. The summed E-state index contributed by atoms with van der Waals surface area (Å²) in [5.74, 6) is 1.91. The summed E-state index contributed by atoms with van der Waals surface area (Å²) >= 11 is 0. The van der Waals surface area contributed by atoms with Crippen molar-refractivity contribution in [3.63, 3.8) is 0 Å². The van der Waals surface area contributed by atoms with E-state index < -0.39 is 0 Å². The zero-order chi connectivity index (χ0) is 10.1. The third-order valence-corrected chi connectivity index (χ3v) is 2.73. The van der Waals surface area contributed by atoms with E-state index in [2.05, 4.69) is 19.9 Å². The van der Waals surface area contributed by atoms with Gasteiger partial charge < -0.3 is 9.47 Å². The highest BCUT2D eigenvalue weighted by molar-refractivity contribution is 5.47. The van der Waals surface area contributed by atoms with E-state index in [0.29, 0.717) is 6.10 Å². The predicted molar refractivity (Wildman–Crippen MR) is 56.1 cm³/mol. The first-order valence-electron chi connectivity index (χ1n) is 5.05. The van der Waals surface area contributed by atoms with Gasteiger partial charge in [-0.15, -0.1) is 0 Å². The van der Waals surface area contributed by atoms with Gasteiger partial charge >= 0.3 is 0 Å².